The summed E-state index contributed by atoms with van der Waals surface area (Å²) in [7, 11) is 0. The summed E-state index contributed by atoms with van der Waals surface area (Å²) in [6.07, 6.45) is 0. The highest BCUT2D eigenvalue weighted by atomic mass is 32.1. The zero-order valence-electron chi connectivity index (χ0n) is 55.2. The molecule has 0 atom stereocenters. The van der Waals surface area contributed by atoms with Crippen LogP contribution in [0.25, 0.3) is 198 Å². The van der Waals surface area contributed by atoms with E-state index in [0.717, 1.165) is 95.0 Å². The Hall–Kier alpha value is -13.3. The number of benzene rings is 16. The fraction of sp³-hybridized carbons (Fsp3) is 0. The van der Waals surface area contributed by atoms with Gasteiger partial charge in [0.05, 0.1) is 22.8 Å². The van der Waals surface area contributed by atoms with E-state index >= 15 is 0 Å². The highest BCUT2D eigenvalue weighted by molar-refractivity contribution is 7.26. The number of nitrogens with zero attached hydrogens (tertiary/aromatic N) is 4. The Morgan fingerprint density at radius 3 is 1.07 bits per heavy atom. The van der Waals surface area contributed by atoms with Gasteiger partial charge < -0.3 is 4.42 Å². The molecule has 0 amide bonds. The van der Waals surface area contributed by atoms with Crippen LogP contribution in [0.5, 0.6) is 0 Å². The zero-order valence-corrected chi connectivity index (χ0v) is 56.1. The van der Waals surface area contributed by atoms with E-state index in [9.17, 15) is 0 Å². The molecule has 4 heterocycles. The van der Waals surface area contributed by atoms with Gasteiger partial charge in [-0.05, 0) is 124 Å². The van der Waals surface area contributed by atoms with Crippen molar-refractivity contribution in [2.75, 3.05) is 0 Å². The topological polar surface area (TPSA) is 64.7 Å². The van der Waals surface area contributed by atoms with Crippen LogP contribution in [0.3, 0.4) is 0 Å². The maximum atomic E-state index is 6.71. The lowest BCUT2D eigenvalue weighted by Gasteiger charge is -2.13. The average molecular weight is 1320 g/mol. The second-order valence-electron chi connectivity index (χ2n) is 25.9. The van der Waals surface area contributed by atoms with Crippen molar-refractivity contribution in [2.24, 2.45) is 0 Å². The fourth-order valence-electron chi connectivity index (χ4n) is 14.9. The summed E-state index contributed by atoms with van der Waals surface area (Å²) in [5.74, 6) is 1.41. The Morgan fingerprint density at radius 2 is 0.569 bits per heavy atom. The SMILES string of the molecule is c1ccc(-c2cc(-c3ccc(-c4ccc(-c5cc6ccccc6c6ccccc56)cc4)c4oc5ccccc5c34)nc(-c3ccccc3)n2)cc1.c1ccc(-c2cc(-c3ccc(-c4ccc(-c5cc6ccccc6c6ccccc56)cc4)c4sc5ccccc5c34)nc(-c3ccccc3)n2)cc1. The van der Waals surface area contributed by atoms with Gasteiger partial charge in [0.25, 0.3) is 0 Å². The molecule has 102 heavy (non-hydrogen) atoms. The highest BCUT2D eigenvalue weighted by Gasteiger charge is 2.23. The minimum atomic E-state index is 0.689. The van der Waals surface area contributed by atoms with Crippen LogP contribution in [-0.4, -0.2) is 19.9 Å². The van der Waals surface area contributed by atoms with E-state index in [4.69, 9.17) is 24.4 Å². The number of aromatic nitrogens is 4. The Morgan fingerprint density at radius 1 is 0.216 bits per heavy atom. The largest absolute Gasteiger partial charge is 0.455 e. The molecule has 0 fully saturated rings. The van der Waals surface area contributed by atoms with Gasteiger partial charge in [0.2, 0.25) is 0 Å². The van der Waals surface area contributed by atoms with Crippen LogP contribution in [0.2, 0.25) is 0 Å². The van der Waals surface area contributed by atoms with Crippen LogP contribution >= 0.6 is 11.3 Å². The van der Waals surface area contributed by atoms with Crippen molar-refractivity contribution in [3.05, 3.63) is 364 Å². The second kappa shape index (κ2) is 25.5. The van der Waals surface area contributed by atoms with Crippen LogP contribution in [0, 0.1) is 0 Å². The van der Waals surface area contributed by atoms with Crippen LogP contribution in [-0.2, 0) is 0 Å². The highest BCUT2D eigenvalue weighted by Crippen LogP contribution is 2.48. The first-order valence-corrected chi connectivity index (χ1v) is 35.3. The standard InChI is InChI=1S/C48H30N2O.C48H30N2S/c2*1-3-13-33(14-4-1)43-30-44(50-48(49-43)34-15-5-2-6-16-34)40-28-27-37(47-46(40)41-21-11-12-22-45(41)51-47)31-23-25-32(26-24-31)42-29-35-17-7-8-18-36(35)38-19-9-10-20-39(38)42/h2*1-30H. The summed E-state index contributed by atoms with van der Waals surface area (Å²) in [6.45, 7) is 0. The lowest BCUT2D eigenvalue weighted by molar-refractivity contribution is 0.670. The maximum Gasteiger partial charge on any atom is 0.160 e. The molecular formula is C96H60N4OS. The van der Waals surface area contributed by atoms with E-state index in [-0.39, 0.29) is 0 Å². The lowest BCUT2D eigenvalue weighted by Crippen LogP contribution is -1.96. The van der Waals surface area contributed by atoms with E-state index in [2.05, 4.69) is 291 Å². The zero-order chi connectivity index (χ0) is 67.5. The Bertz CT molecular complexity index is 6070. The van der Waals surface area contributed by atoms with E-state index in [0.29, 0.717) is 5.82 Å². The summed E-state index contributed by atoms with van der Waals surface area (Å²) in [5, 5.41) is 14.7. The first-order chi connectivity index (χ1) is 50.6. The molecule has 6 heteroatoms. The summed E-state index contributed by atoms with van der Waals surface area (Å²) < 4.78 is 9.23. The Labute approximate surface area is 593 Å². The third kappa shape index (κ3) is 10.8. The molecule has 0 aliphatic carbocycles. The molecule has 0 aliphatic rings. The molecule has 0 spiro atoms. The molecule has 16 aromatic carbocycles. The van der Waals surface area contributed by atoms with Crippen molar-refractivity contribution in [1.82, 2.24) is 19.9 Å². The summed E-state index contributed by atoms with van der Waals surface area (Å²) in [5.41, 5.74) is 20.9. The first kappa shape index (κ1) is 60.0. The number of para-hydroxylation sites is 1. The van der Waals surface area contributed by atoms with Crippen molar-refractivity contribution >= 4 is 96.5 Å². The van der Waals surface area contributed by atoms with Crippen LogP contribution < -0.4 is 0 Å². The molecule has 20 rings (SSSR count). The number of fused-ring (bicyclic) bond motifs is 12. The molecule has 0 N–H and O–H groups in total. The van der Waals surface area contributed by atoms with E-state index < -0.39 is 0 Å². The minimum absolute atomic E-state index is 0.689. The molecule has 20 aromatic rings. The van der Waals surface area contributed by atoms with Gasteiger partial charge in [-0.3, -0.25) is 0 Å². The molecule has 0 bridgehead atoms. The lowest BCUT2D eigenvalue weighted by atomic mass is 9.92. The number of rotatable bonds is 10. The molecule has 5 nitrogen and oxygen atoms in total. The normalized spacial score (nSPS) is 11.5. The number of thiophene rings is 1. The van der Waals surface area contributed by atoms with Crippen LogP contribution in [0.4, 0.5) is 0 Å². The van der Waals surface area contributed by atoms with Crippen molar-refractivity contribution in [3.8, 4) is 112 Å². The predicted molar refractivity (Wildman–Crippen MR) is 429 cm³/mol. The fourth-order valence-corrected chi connectivity index (χ4v) is 16.2. The molecule has 0 saturated carbocycles. The first-order valence-electron chi connectivity index (χ1n) is 34.5. The van der Waals surface area contributed by atoms with Gasteiger partial charge in [0, 0.05) is 69.9 Å². The molecule has 0 unspecified atom stereocenters. The Kier molecular flexibility index (Phi) is 15.0. The molecular weight excluding hydrogens is 1260 g/mol. The second-order valence-corrected chi connectivity index (χ2v) is 26.9. The summed E-state index contributed by atoms with van der Waals surface area (Å²) in [4.78, 5) is 20.5. The van der Waals surface area contributed by atoms with Gasteiger partial charge >= 0.3 is 0 Å². The number of furan rings is 1. The summed E-state index contributed by atoms with van der Waals surface area (Å²) >= 11 is 1.85. The molecule has 0 aliphatic heterocycles. The van der Waals surface area contributed by atoms with Gasteiger partial charge in [-0.1, -0.05) is 322 Å². The van der Waals surface area contributed by atoms with E-state index in [1.807, 2.05) is 84.1 Å². The van der Waals surface area contributed by atoms with Gasteiger partial charge in [0.15, 0.2) is 11.6 Å². The van der Waals surface area contributed by atoms with Crippen molar-refractivity contribution in [2.45, 2.75) is 0 Å². The van der Waals surface area contributed by atoms with Gasteiger partial charge in [-0.15, -0.1) is 11.3 Å². The predicted octanol–water partition coefficient (Wildman–Crippen LogP) is 26.5. The quantitative estimate of drug-likeness (QED) is 0.128. The Balaban J connectivity index is 0.000000141. The summed E-state index contributed by atoms with van der Waals surface area (Å²) in [6, 6.07) is 129. The minimum Gasteiger partial charge on any atom is -0.455 e. The smallest absolute Gasteiger partial charge is 0.160 e. The molecule has 0 saturated heterocycles. The molecule has 0 radical (unpaired) electrons. The number of hydrogen-bond donors (Lipinski definition) is 0. The van der Waals surface area contributed by atoms with Crippen LogP contribution in [0.15, 0.2) is 368 Å². The molecule has 4 aromatic heterocycles. The maximum absolute atomic E-state index is 6.71. The van der Waals surface area contributed by atoms with Gasteiger partial charge in [0.1, 0.15) is 11.2 Å². The molecule has 476 valence electrons. The van der Waals surface area contributed by atoms with E-state index in [1.165, 1.54) is 96.6 Å². The van der Waals surface area contributed by atoms with Crippen molar-refractivity contribution in [1.29, 1.82) is 0 Å². The van der Waals surface area contributed by atoms with Gasteiger partial charge in [-0.2, -0.15) is 0 Å². The average Bonchev–Trinajstić information content (AvgIpc) is 1.53. The van der Waals surface area contributed by atoms with E-state index in [1.54, 1.807) is 0 Å². The third-order valence-corrected chi connectivity index (χ3v) is 21.0. The third-order valence-electron chi connectivity index (χ3n) is 19.8. The monoisotopic (exact) mass is 1320 g/mol. The van der Waals surface area contributed by atoms with Gasteiger partial charge in [-0.25, -0.2) is 19.9 Å². The van der Waals surface area contributed by atoms with Crippen molar-refractivity contribution in [3.63, 3.8) is 0 Å². The van der Waals surface area contributed by atoms with Crippen LogP contribution in [0.1, 0.15) is 0 Å². The van der Waals surface area contributed by atoms with Crippen molar-refractivity contribution < 1.29 is 4.42 Å². The number of hydrogen-bond acceptors (Lipinski definition) is 6.